The van der Waals surface area contributed by atoms with Gasteiger partial charge in [-0.2, -0.15) is 0 Å². The molecule has 1 saturated heterocycles. The second-order valence-electron chi connectivity index (χ2n) is 5.55. The van der Waals surface area contributed by atoms with Crippen molar-refractivity contribution in [2.45, 2.75) is 6.92 Å². The van der Waals surface area contributed by atoms with Gasteiger partial charge in [0, 0.05) is 31.9 Å². The number of hydrogen-bond donors (Lipinski definition) is 1. The molecule has 0 spiro atoms. The molecule has 1 aromatic heterocycles. The number of imide groups is 1. The van der Waals surface area contributed by atoms with Gasteiger partial charge in [0.1, 0.15) is 0 Å². The van der Waals surface area contributed by atoms with Crippen molar-refractivity contribution in [3.8, 4) is 0 Å². The van der Waals surface area contributed by atoms with E-state index in [4.69, 9.17) is 0 Å². The van der Waals surface area contributed by atoms with Gasteiger partial charge in [0.05, 0.1) is 4.88 Å². The number of thiophene rings is 1. The Labute approximate surface area is 139 Å². The number of carbonyl (C=O) groups excluding carboxylic acids is 2. The van der Waals surface area contributed by atoms with Crippen LogP contribution in [0.3, 0.4) is 0 Å². The maximum absolute atomic E-state index is 12.2. The van der Waals surface area contributed by atoms with Crippen LogP contribution in [0.1, 0.15) is 15.2 Å². The fourth-order valence-corrected chi connectivity index (χ4v) is 3.26. The maximum Gasteiger partial charge on any atom is 0.324 e. The summed E-state index contributed by atoms with van der Waals surface area (Å²) in [5.41, 5.74) is 2.41. The van der Waals surface area contributed by atoms with E-state index in [1.807, 2.05) is 11.4 Å². The molecule has 1 aromatic carbocycles. The molecule has 0 atom stereocenters. The number of anilines is 1. The van der Waals surface area contributed by atoms with Crippen LogP contribution in [-0.2, 0) is 0 Å². The Morgan fingerprint density at radius 1 is 1.09 bits per heavy atom. The first-order valence-electron chi connectivity index (χ1n) is 7.59. The molecular formula is C17H19N3O2S. The first kappa shape index (κ1) is 15.6. The van der Waals surface area contributed by atoms with Crippen LogP contribution in [0.25, 0.3) is 0 Å². The van der Waals surface area contributed by atoms with Gasteiger partial charge in [0.25, 0.3) is 5.91 Å². The van der Waals surface area contributed by atoms with E-state index in [1.165, 1.54) is 22.6 Å². The number of aryl methyl sites for hydroxylation is 1. The zero-order valence-electron chi connectivity index (χ0n) is 13.0. The highest BCUT2D eigenvalue weighted by Crippen LogP contribution is 2.18. The summed E-state index contributed by atoms with van der Waals surface area (Å²) in [4.78, 5) is 28.6. The number of rotatable bonds is 2. The summed E-state index contributed by atoms with van der Waals surface area (Å²) in [5.74, 6) is -0.328. The van der Waals surface area contributed by atoms with Crippen LogP contribution in [0.5, 0.6) is 0 Å². The van der Waals surface area contributed by atoms with Crippen molar-refractivity contribution >= 4 is 29.0 Å². The van der Waals surface area contributed by atoms with Crippen molar-refractivity contribution in [3.05, 3.63) is 52.2 Å². The second-order valence-corrected chi connectivity index (χ2v) is 6.50. The molecule has 3 amide bonds. The lowest BCUT2D eigenvalue weighted by Gasteiger charge is -2.36. The number of nitrogens with zero attached hydrogens (tertiary/aromatic N) is 2. The van der Waals surface area contributed by atoms with Crippen molar-refractivity contribution in [1.82, 2.24) is 10.2 Å². The third kappa shape index (κ3) is 3.71. The lowest BCUT2D eigenvalue weighted by atomic mass is 10.2. The lowest BCUT2D eigenvalue weighted by Crippen LogP contribution is -2.52. The van der Waals surface area contributed by atoms with E-state index in [9.17, 15) is 9.59 Å². The van der Waals surface area contributed by atoms with Crippen molar-refractivity contribution in [3.63, 3.8) is 0 Å². The zero-order chi connectivity index (χ0) is 16.2. The van der Waals surface area contributed by atoms with E-state index in [0.29, 0.717) is 18.0 Å². The molecule has 120 valence electrons. The highest BCUT2D eigenvalue weighted by Gasteiger charge is 2.23. The van der Waals surface area contributed by atoms with Gasteiger partial charge in [-0.3, -0.25) is 10.1 Å². The van der Waals surface area contributed by atoms with Gasteiger partial charge >= 0.3 is 6.03 Å². The standard InChI is InChI=1S/C17H19N3O2S/c1-13-4-2-5-14(12-13)19-7-9-20(10-8-19)17(22)18-16(21)15-6-3-11-23-15/h2-6,11-12H,7-10H2,1H3,(H,18,21,22). The molecule has 0 radical (unpaired) electrons. The molecule has 2 aromatic rings. The number of amides is 3. The predicted molar refractivity (Wildman–Crippen MR) is 92.1 cm³/mol. The Balaban J connectivity index is 1.54. The van der Waals surface area contributed by atoms with Crippen molar-refractivity contribution in [2.75, 3.05) is 31.1 Å². The molecule has 2 heterocycles. The number of piperazine rings is 1. The average Bonchev–Trinajstić information content (AvgIpc) is 3.09. The molecule has 0 unspecified atom stereocenters. The minimum atomic E-state index is -0.328. The molecule has 3 rings (SSSR count). The molecule has 1 fully saturated rings. The quantitative estimate of drug-likeness (QED) is 0.922. The SMILES string of the molecule is Cc1cccc(N2CCN(C(=O)NC(=O)c3cccs3)CC2)c1. The fourth-order valence-electron chi connectivity index (χ4n) is 2.64. The van der Waals surface area contributed by atoms with E-state index in [0.717, 1.165) is 13.1 Å². The highest BCUT2D eigenvalue weighted by molar-refractivity contribution is 7.12. The second kappa shape index (κ2) is 6.83. The Bertz CT molecular complexity index is 692. The predicted octanol–water partition coefficient (Wildman–Crippen LogP) is 2.73. The number of carbonyl (C=O) groups is 2. The molecule has 1 aliphatic rings. The summed E-state index contributed by atoms with van der Waals surface area (Å²) in [6.07, 6.45) is 0. The number of nitrogens with one attached hydrogen (secondary N) is 1. The van der Waals surface area contributed by atoms with Gasteiger partial charge in [-0.1, -0.05) is 18.2 Å². The van der Waals surface area contributed by atoms with Gasteiger partial charge in [-0.05, 0) is 36.1 Å². The topological polar surface area (TPSA) is 52.6 Å². The van der Waals surface area contributed by atoms with Crippen molar-refractivity contribution in [1.29, 1.82) is 0 Å². The van der Waals surface area contributed by atoms with E-state index in [-0.39, 0.29) is 11.9 Å². The molecule has 23 heavy (non-hydrogen) atoms. The molecule has 1 N–H and O–H groups in total. The first-order valence-corrected chi connectivity index (χ1v) is 8.47. The van der Waals surface area contributed by atoms with Crippen LogP contribution in [0.2, 0.25) is 0 Å². The summed E-state index contributed by atoms with van der Waals surface area (Å²) in [5, 5.41) is 4.28. The summed E-state index contributed by atoms with van der Waals surface area (Å²) in [6.45, 7) is 4.83. The van der Waals surface area contributed by atoms with Crippen LogP contribution in [-0.4, -0.2) is 43.0 Å². The summed E-state index contributed by atoms with van der Waals surface area (Å²) >= 11 is 1.33. The number of benzene rings is 1. The Kier molecular flexibility index (Phi) is 4.62. The van der Waals surface area contributed by atoms with Gasteiger partial charge in [-0.15, -0.1) is 11.3 Å². The molecule has 0 aliphatic carbocycles. The Hall–Kier alpha value is -2.34. The third-order valence-electron chi connectivity index (χ3n) is 3.90. The van der Waals surface area contributed by atoms with E-state index < -0.39 is 0 Å². The minimum absolute atomic E-state index is 0.313. The summed E-state index contributed by atoms with van der Waals surface area (Å²) < 4.78 is 0. The molecular weight excluding hydrogens is 310 g/mol. The van der Waals surface area contributed by atoms with Gasteiger partial charge in [0.15, 0.2) is 0 Å². The number of hydrogen-bond acceptors (Lipinski definition) is 4. The zero-order valence-corrected chi connectivity index (χ0v) is 13.8. The van der Waals surface area contributed by atoms with E-state index in [1.54, 1.807) is 17.0 Å². The Morgan fingerprint density at radius 3 is 2.52 bits per heavy atom. The van der Waals surface area contributed by atoms with E-state index >= 15 is 0 Å². The van der Waals surface area contributed by atoms with Crippen molar-refractivity contribution < 1.29 is 9.59 Å². The highest BCUT2D eigenvalue weighted by atomic mass is 32.1. The lowest BCUT2D eigenvalue weighted by molar-refractivity contribution is 0.0955. The number of urea groups is 1. The minimum Gasteiger partial charge on any atom is -0.368 e. The third-order valence-corrected chi connectivity index (χ3v) is 4.77. The van der Waals surface area contributed by atoms with Crippen LogP contribution in [0.4, 0.5) is 10.5 Å². The largest absolute Gasteiger partial charge is 0.368 e. The monoisotopic (exact) mass is 329 g/mol. The van der Waals surface area contributed by atoms with Crippen molar-refractivity contribution in [2.24, 2.45) is 0 Å². The summed E-state index contributed by atoms with van der Waals surface area (Å²) in [7, 11) is 0. The van der Waals surface area contributed by atoms with Gasteiger partial charge in [-0.25, -0.2) is 4.79 Å². The normalized spacial score (nSPS) is 14.7. The van der Waals surface area contributed by atoms with Crippen LogP contribution < -0.4 is 10.2 Å². The molecule has 1 aliphatic heterocycles. The molecule has 5 nitrogen and oxygen atoms in total. The molecule has 0 bridgehead atoms. The summed E-state index contributed by atoms with van der Waals surface area (Å²) in [6, 6.07) is 11.5. The Morgan fingerprint density at radius 2 is 1.87 bits per heavy atom. The molecule has 6 heteroatoms. The first-order chi connectivity index (χ1) is 11.1. The van der Waals surface area contributed by atoms with Crippen LogP contribution >= 0.6 is 11.3 Å². The van der Waals surface area contributed by atoms with Gasteiger partial charge in [0.2, 0.25) is 0 Å². The van der Waals surface area contributed by atoms with Crippen LogP contribution in [0, 0.1) is 6.92 Å². The smallest absolute Gasteiger partial charge is 0.324 e. The fraction of sp³-hybridized carbons (Fsp3) is 0.294. The van der Waals surface area contributed by atoms with Crippen LogP contribution in [0.15, 0.2) is 41.8 Å². The maximum atomic E-state index is 12.2. The average molecular weight is 329 g/mol. The van der Waals surface area contributed by atoms with E-state index in [2.05, 4.69) is 35.3 Å². The molecule has 0 saturated carbocycles. The van der Waals surface area contributed by atoms with Gasteiger partial charge < -0.3 is 9.80 Å².